The lowest BCUT2D eigenvalue weighted by atomic mass is 10.00. The summed E-state index contributed by atoms with van der Waals surface area (Å²) in [6.07, 6.45) is 1.37. The number of methoxy groups -OCH3 is 1. The van der Waals surface area contributed by atoms with Crippen molar-refractivity contribution in [2.75, 3.05) is 20.3 Å². The summed E-state index contributed by atoms with van der Waals surface area (Å²) in [6, 6.07) is -0.106. The summed E-state index contributed by atoms with van der Waals surface area (Å²) in [5.74, 6) is 0.512. The molecule has 0 radical (unpaired) electrons. The third-order valence-corrected chi connectivity index (χ3v) is 2.99. The molecular formula is C13H29NO3. The number of ether oxygens (including phenoxy) is 2. The van der Waals surface area contributed by atoms with Gasteiger partial charge in [0, 0.05) is 19.8 Å². The number of aliphatic hydroxyl groups excluding tert-OH is 1. The van der Waals surface area contributed by atoms with Crippen LogP contribution < -0.4 is 5.73 Å². The zero-order valence-electron chi connectivity index (χ0n) is 11.9. The fraction of sp³-hybridized carbons (Fsp3) is 1.00. The van der Waals surface area contributed by atoms with Crippen LogP contribution in [0.4, 0.5) is 0 Å². The highest BCUT2D eigenvalue weighted by Crippen LogP contribution is 2.14. The summed E-state index contributed by atoms with van der Waals surface area (Å²) in [5, 5.41) is 9.26. The largest absolute Gasteiger partial charge is 0.394 e. The molecule has 0 aromatic carbocycles. The van der Waals surface area contributed by atoms with E-state index in [0.717, 1.165) is 12.8 Å². The Kier molecular flexibility index (Phi) is 7.96. The Labute approximate surface area is 105 Å². The van der Waals surface area contributed by atoms with Crippen LogP contribution in [0.1, 0.15) is 40.5 Å². The van der Waals surface area contributed by atoms with Crippen LogP contribution in [-0.2, 0) is 9.47 Å². The van der Waals surface area contributed by atoms with Gasteiger partial charge in [-0.1, -0.05) is 13.8 Å². The molecule has 0 fully saturated rings. The van der Waals surface area contributed by atoms with Crippen molar-refractivity contribution in [3.8, 4) is 0 Å². The third-order valence-electron chi connectivity index (χ3n) is 2.99. The molecule has 0 amide bonds. The molecule has 2 unspecified atom stereocenters. The van der Waals surface area contributed by atoms with Gasteiger partial charge in [0.15, 0.2) is 0 Å². The average Bonchev–Trinajstić information content (AvgIpc) is 2.23. The van der Waals surface area contributed by atoms with Gasteiger partial charge in [-0.3, -0.25) is 0 Å². The third kappa shape index (κ3) is 7.71. The fourth-order valence-electron chi connectivity index (χ4n) is 1.57. The van der Waals surface area contributed by atoms with E-state index in [2.05, 4.69) is 13.8 Å². The van der Waals surface area contributed by atoms with E-state index in [1.54, 1.807) is 7.11 Å². The Morgan fingerprint density at radius 1 is 1.29 bits per heavy atom. The number of rotatable bonds is 9. The van der Waals surface area contributed by atoms with Gasteiger partial charge in [0.25, 0.3) is 0 Å². The maximum atomic E-state index is 9.26. The molecule has 104 valence electrons. The summed E-state index contributed by atoms with van der Waals surface area (Å²) in [5.41, 5.74) is 5.80. The van der Waals surface area contributed by atoms with Crippen molar-refractivity contribution in [2.24, 2.45) is 11.7 Å². The molecule has 0 bridgehead atoms. The van der Waals surface area contributed by atoms with Gasteiger partial charge >= 0.3 is 0 Å². The van der Waals surface area contributed by atoms with E-state index in [1.807, 2.05) is 13.8 Å². The van der Waals surface area contributed by atoms with Crippen molar-refractivity contribution in [1.29, 1.82) is 0 Å². The van der Waals surface area contributed by atoms with Crippen LogP contribution >= 0.6 is 0 Å². The predicted octanol–water partition coefficient (Wildman–Crippen LogP) is 1.55. The van der Waals surface area contributed by atoms with E-state index >= 15 is 0 Å². The van der Waals surface area contributed by atoms with E-state index in [-0.39, 0.29) is 24.4 Å². The maximum absolute atomic E-state index is 9.26. The number of aliphatic hydroxyl groups is 1. The van der Waals surface area contributed by atoms with Gasteiger partial charge in [-0.2, -0.15) is 0 Å². The summed E-state index contributed by atoms with van der Waals surface area (Å²) < 4.78 is 10.9. The van der Waals surface area contributed by atoms with Crippen LogP contribution in [-0.4, -0.2) is 43.2 Å². The quantitative estimate of drug-likeness (QED) is 0.649. The van der Waals surface area contributed by atoms with Crippen molar-refractivity contribution in [2.45, 2.75) is 58.3 Å². The SMILES string of the molecule is COC(C)(C)CCOC(CO)C(N)CC(C)C. The molecule has 0 aromatic rings. The second kappa shape index (κ2) is 8.03. The molecule has 17 heavy (non-hydrogen) atoms. The van der Waals surface area contributed by atoms with Crippen LogP contribution in [0.25, 0.3) is 0 Å². The molecule has 0 aliphatic carbocycles. The lowest BCUT2D eigenvalue weighted by Gasteiger charge is -2.27. The maximum Gasteiger partial charge on any atom is 0.0956 e. The summed E-state index contributed by atoms with van der Waals surface area (Å²) in [6.45, 7) is 8.78. The molecule has 0 saturated heterocycles. The molecule has 0 rings (SSSR count). The first-order valence-corrected chi connectivity index (χ1v) is 6.35. The van der Waals surface area contributed by atoms with Crippen molar-refractivity contribution in [3.63, 3.8) is 0 Å². The van der Waals surface area contributed by atoms with E-state index in [9.17, 15) is 5.11 Å². The van der Waals surface area contributed by atoms with Crippen molar-refractivity contribution in [3.05, 3.63) is 0 Å². The Bertz CT molecular complexity index is 195. The second-order valence-electron chi connectivity index (χ2n) is 5.60. The first-order chi connectivity index (χ1) is 7.82. The highest BCUT2D eigenvalue weighted by molar-refractivity contribution is 4.75. The van der Waals surface area contributed by atoms with Gasteiger partial charge in [0.1, 0.15) is 0 Å². The van der Waals surface area contributed by atoms with Gasteiger partial charge in [-0.15, -0.1) is 0 Å². The molecular weight excluding hydrogens is 218 g/mol. The highest BCUT2D eigenvalue weighted by Gasteiger charge is 2.21. The van der Waals surface area contributed by atoms with E-state index in [4.69, 9.17) is 15.2 Å². The van der Waals surface area contributed by atoms with E-state index in [1.165, 1.54) is 0 Å². The first kappa shape index (κ1) is 16.8. The Hall–Kier alpha value is -0.160. The van der Waals surface area contributed by atoms with Crippen molar-refractivity contribution < 1.29 is 14.6 Å². The van der Waals surface area contributed by atoms with Crippen molar-refractivity contribution in [1.82, 2.24) is 0 Å². The number of hydrogen-bond acceptors (Lipinski definition) is 4. The monoisotopic (exact) mass is 247 g/mol. The first-order valence-electron chi connectivity index (χ1n) is 6.35. The Balaban J connectivity index is 3.97. The topological polar surface area (TPSA) is 64.7 Å². The molecule has 4 heteroatoms. The van der Waals surface area contributed by atoms with Crippen LogP contribution in [0.5, 0.6) is 0 Å². The molecule has 0 spiro atoms. The van der Waals surface area contributed by atoms with Gasteiger partial charge in [0.2, 0.25) is 0 Å². The number of nitrogens with two attached hydrogens (primary N) is 1. The smallest absolute Gasteiger partial charge is 0.0956 e. The van der Waals surface area contributed by atoms with Crippen LogP contribution in [0.3, 0.4) is 0 Å². The minimum atomic E-state index is -0.273. The normalized spacial score (nSPS) is 16.2. The Morgan fingerprint density at radius 2 is 1.88 bits per heavy atom. The molecule has 0 heterocycles. The molecule has 3 N–H and O–H groups in total. The van der Waals surface area contributed by atoms with Crippen LogP contribution in [0.2, 0.25) is 0 Å². The second-order valence-corrected chi connectivity index (χ2v) is 5.60. The lowest BCUT2D eigenvalue weighted by molar-refractivity contribution is -0.0473. The fourth-order valence-corrected chi connectivity index (χ4v) is 1.57. The summed E-state index contributed by atoms with van der Waals surface area (Å²) in [7, 11) is 1.69. The van der Waals surface area contributed by atoms with Crippen LogP contribution in [0, 0.1) is 5.92 Å². The molecule has 0 aliphatic rings. The van der Waals surface area contributed by atoms with E-state index < -0.39 is 0 Å². The molecule has 0 saturated carbocycles. The van der Waals surface area contributed by atoms with Gasteiger partial charge in [0.05, 0.1) is 18.3 Å². The van der Waals surface area contributed by atoms with Crippen LogP contribution in [0.15, 0.2) is 0 Å². The zero-order valence-corrected chi connectivity index (χ0v) is 11.9. The molecule has 2 atom stereocenters. The summed E-state index contributed by atoms with van der Waals surface area (Å²) in [4.78, 5) is 0. The molecule has 0 aromatic heterocycles. The highest BCUT2D eigenvalue weighted by atomic mass is 16.5. The van der Waals surface area contributed by atoms with Gasteiger partial charge in [-0.25, -0.2) is 0 Å². The summed E-state index contributed by atoms with van der Waals surface area (Å²) >= 11 is 0. The predicted molar refractivity (Wildman–Crippen MR) is 70.0 cm³/mol. The zero-order chi connectivity index (χ0) is 13.5. The Morgan fingerprint density at radius 3 is 2.29 bits per heavy atom. The molecule has 4 nitrogen and oxygen atoms in total. The average molecular weight is 247 g/mol. The molecule has 0 aliphatic heterocycles. The minimum Gasteiger partial charge on any atom is -0.394 e. The van der Waals surface area contributed by atoms with Gasteiger partial charge < -0.3 is 20.3 Å². The standard InChI is InChI=1S/C13H29NO3/c1-10(2)8-11(14)12(9-15)17-7-6-13(3,4)16-5/h10-12,15H,6-9,14H2,1-5H3. The van der Waals surface area contributed by atoms with Crippen molar-refractivity contribution >= 4 is 0 Å². The van der Waals surface area contributed by atoms with E-state index in [0.29, 0.717) is 12.5 Å². The lowest BCUT2D eigenvalue weighted by Crippen LogP contribution is -2.41. The van der Waals surface area contributed by atoms with Gasteiger partial charge in [-0.05, 0) is 32.6 Å². The number of hydrogen-bond donors (Lipinski definition) is 2. The minimum absolute atomic E-state index is 0.0265.